The summed E-state index contributed by atoms with van der Waals surface area (Å²) in [7, 11) is 0. The molecule has 0 spiro atoms. The molecule has 4 heteroatoms. The molecule has 0 aliphatic heterocycles. The molecule has 2 aromatic carbocycles. The number of benzene rings is 2. The summed E-state index contributed by atoms with van der Waals surface area (Å²) < 4.78 is 5.49. The van der Waals surface area contributed by atoms with Gasteiger partial charge in [0.25, 0.3) is 0 Å². The highest BCUT2D eigenvalue weighted by atomic mass is 16.3. The van der Waals surface area contributed by atoms with Gasteiger partial charge in [0.1, 0.15) is 5.58 Å². The Morgan fingerprint density at radius 3 is 2.68 bits per heavy atom. The quantitative estimate of drug-likeness (QED) is 0.761. The Kier molecular flexibility index (Phi) is 4.10. The number of urea groups is 1. The highest BCUT2D eigenvalue weighted by Gasteiger charge is 2.06. The monoisotopic (exact) mass is 294 g/mol. The van der Waals surface area contributed by atoms with Crippen molar-refractivity contribution in [3.05, 3.63) is 65.9 Å². The number of aryl methyl sites for hydroxylation is 1. The summed E-state index contributed by atoms with van der Waals surface area (Å²) in [5, 5.41) is 6.77. The van der Waals surface area contributed by atoms with E-state index in [2.05, 4.69) is 10.6 Å². The zero-order valence-corrected chi connectivity index (χ0v) is 12.4. The van der Waals surface area contributed by atoms with Gasteiger partial charge in [0.05, 0.1) is 6.26 Å². The van der Waals surface area contributed by atoms with E-state index in [1.54, 1.807) is 6.26 Å². The van der Waals surface area contributed by atoms with Crippen LogP contribution >= 0.6 is 0 Å². The smallest absolute Gasteiger partial charge is 0.319 e. The van der Waals surface area contributed by atoms with E-state index in [1.165, 1.54) is 0 Å². The molecule has 0 saturated heterocycles. The summed E-state index contributed by atoms with van der Waals surface area (Å²) in [6.07, 6.45) is 2.49. The first-order chi connectivity index (χ1) is 10.7. The lowest BCUT2D eigenvalue weighted by atomic mass is 10.1. The lowest BCUT2D eigenvalue weighted by molar-refractivity contribution is 0.252. The lowest BCUT2D eigenvalue weighted by Crippen LogP contribution is -2.30. The molecule has 3 rings (SSSR count). The van der Waals surface area contributed by atoms with Crippen molar-refractivity contribution in [3.8, 4) is 0 Å². The molecule has 2 N–H and O–H groups in total. The maximum atomic E-state index is 11.8. The van der Waals surface area contributed by atoms with Gasteiger partial charge in [-0.2, -0.15) is 0 Å². The van der Waals surface area contributed by atoms with Gasteiger partial charge in [-0.05, 0) is 37.1 Å². The zero-order chi connectivity index (χ0) is 15.4. The van der Waals surface area contributed by atoms with Crippen molar-refractivity contribution in [1.29, 1.82) is 0 Å². The second-order valence-electron chi connectivity index (χ2n) is 5.25. The number of hydrogen-bond acceptors (Lipinski definition) is 2. The number of carbonyl (C=O) groups is 1. The molecule has 0 fully saturated rings. The third kappa shape index (κ3) is 3.28. The maximum absolute atomic E-state index is 11.8. The van der Waals surface area contributed by atoms with E-state index in [9.17, 15) is 4.79 Å². The fourth-order valence-corrected chi connectivity index (χ4v) is 2.35. The third-order valence-corrected chi connectivity index (χ3v) is 3.55. The van der Waals surface area contributed by atoms with Crippen molar-refractivity contribution < 1.29 is 9.21 Å². The van der Waals surface area contributed by atoms with Gasteiger partial charge in [0, 0.05) is 17.6 Å². The summed E-state index contributed by atoms with van der Waals surface area (Å²) >= 11 is 0. The Bertz CT molecular complexity index is 775. The van der Waals surface area contributed by atoms with Crippen molar-refractivity contribution in [3.63, 3.8) is 0 Å². The Balaban J connectivity index is 1.52. The molecule has 112 valence electrons. The Morgan fingerprint density at radius 2 is 1.86 bits per heavy atom. The third-order valence-electron chi connectivity index (χ3n) is 3.55. The molecule has 0 aliphatic carbocycles. The van der Waals surface area contributed by atoms with Crippen LogP contribution in [0.4, 0.5) is 10.5 Å². The molecule has 0 saturated carbocycles. The fraction of sp³-hybridized carbons (Fsp3) is 0.167. The topological polar surface area (TPSA) is 54.3 Å². The molecule has 0 radical (unpaired) electrons. The van der Waals surface area contributed by atoms with Crippen molar-refractivity contribution in [2.45, 2.75) is 13.3 Å². The van der Waals surface area contributed by atoms with E-state index < -0.39 is 0 Å². The molecule has 0 aliphatic rings. The summed E-state index contributed by atoms with van der Waals surface area (Å²) in [6, 6.07) is 15.4. The zero-order valence-electron chi connectivity index (χ0n) is 12.4. The van der Waals surface area contributed by atoms with Crippen molar-refractivity contribution in [2.24, 2.45) is 0 Å². The van der Waals surface area contributed by atoms with Crippen molar-refractivity contribution in [1.82, 2.24) is 5.32 Å². The van der Waals surface area contributed by atoms with Crippen LogP contribution in [-0.2, 0) is 6.42 Å². The van der Waals surface area contributed by atoms with E-state index in [0.717, 1.165) is 34.2 Å². The molecule has 0 unspecified atom stereocenters. The van der Waals surface area contributed by atoms with Gasteiger partial charge in [-0.1, -0.05) is 35.9 Å². The van der Waals surface area contributed by atoms with E-state index >= 15 is 0 Å². The van der Waals surface area contributed by atoms with E-state index in [4.69, 9.17) is 4.42 Å². The van der Waals surface area contributed by atoms with Crippen LogP contribution in [0, 0.1) is 6.92 Å². The lowest BCUT2D eigenvalue weighted by Gasteiger charge is -2.07. The second kappa shape index (κ2) is 6.35. The van der Waals surface area contributed by atoms with Crippen LogP contribution in [0.25, 0.3) is 11.0 Å². The predicted octanol–water partition coefficient (Wildman–Crippen LogP) is 4.11. The van der Waals surface area contributed by atoms with Gasteiger partial charge < -0.3 is 15.1 Å². The standard InChI is InChI=1S/C18H18N2O2/c1-13-6-8-15(9-7-13)20-18(21)19-11-10-14-12-22-17-5-3-2-4-16(14)17/h2-9,12H,10-11H2,1H3,(H2,19,20,21). The number of carbonyl (C=O) groups excluding carboxylic acids is 1. The number of anilines is 1. The van der Waals surface area contributed by atoms with Crippen LogP contribution in [0.3, 0.4) is 0 Å². The Morgan fingerprint density at radius 1 is 1.09 bits per heavy atom. The summed E-state index contributed by atoms with van der Waals surface area (Å²) in [5.41, 5.74) is 3.93. The van der Waals surface area contributed by atoms with Gasteiger partial charge >= 0.3 is 6.03 Å². The van der Waals surface area contributed by atoms with E-state index in [1.807, 2.05) is 55.5 Å². The minimum absolute atomic E-state index is 0.198. The van der Waals surface area contributed by atoms with Crippen molar-refractivity contribution in [2.75, 3.05) is 11.9 Å². The first-order valence-corrected chi connectivity index (χ1v) is 7.29. The number of furan rings is 1. The number of fused-ring (bicyclic) bond motifs is 1. The first-order valence-electron chi connectivity index (χ1n) is 7.29. The predicted molar refractivity (Wildman–Crippen MR) is 88.1 cm³/mol. The summed E-state index contributed by atoms with van der Waals surface area (Å²) in [5.74, 6) is 0. The Hall–Kier alpha value is -2.75. The van der Waals surface area contributed by atoms with E-state index in [0.29, 0.717) is 6.54 Å². The molecule has 0 atom stereocenters. The maximum Gasteiger partial charge on any atom is 0.319 e. The van der Waals surface area contributed by atoms with Crippen molar-refractivity contribution >= 4 is 22.7 Å². The molecule has 2 amide bonds. The van der Waals surface area contributed by atoms with Crippen LogP contribution in [0.15, 0.2) is 59.2 Å². The van der Waals surface area contributed by atoms with Crippen LogP contribution in [0.1, 0.15) is 11.1 Å². The van der Waals surface area contributed by atoms with Crippen LogP contribution in [-0.4, -0.2) is 12.6 Å². The van der Waals surface area contributed by atoms with Gasteiger partial charge in [-0.3, -0.25) is 0 Å². The highest BCUT2D eigenvalue weighted by Crippen LogP contribution is 2.20. The molecule has 22 heavy (non-hydrogen) atoms. The normalized spacial score (nSPS) is 10.6. The van der Waals surface area contributed by atoms with Gasteiger partial charge in [-0.25, -0.2) is 4.79 Å². The Labute approximate surface area is 129 Å². The average Bonchev–Trinajstić information content (AvgIpc) is 2.93. The van der Waals surface area contributed by atoms with Crippen LogP contribution < -0.4 is 10.6 Å². The largest absolute Gasteiger partial charge is 0.464 e. The minimum atomic E-state index is -0.198. The second-order valence-corrected chi connectivity index (χ2v) is 5.25. The molecular weight excluding hydrogens is 276 g/mol. The van der Waals surface area contributed by atoms with Crippen LogP contribution in [0.2, 0.25) is 0 Å². The molecule has 3 aromatic rings. The van der Waals surface area contributed by atoms with Crippen LogP contribution in [0.5, 0.6) is 0 Å². The average molecular weight is 294 g/mol. The van der Waals surface area contributed by atoms with Gasteiger partial charge in [-0.15, -0.1) is 0 Å². The summed E-state index contributed by atoms with van der Waals surface area (Å²) in [4.78, 5) is 11.8. The molecule has 4 nitrogen and oxygen atoms in total. The van der Waals surface area contributed by atoms with Gasteiger partial charge in [0.15, 0.2) is 0 Å². The number of amides is 2. The molecule has 1 heterocycles. The fourth-order valence-electron chi connectivity index (χ4n) is 2.35. The van der Waals surface area contributed by atoms with E-state index in [-0.39, 0.29) is 6.03 Å². The molecule has 0 bridgehead atoms. The number of para-hydroxylation sites is 1. The molecular formula is C18H18N2O2. The SMILES string of the molecule is Cc1ccc(NC(=O)NCCc2coc3ccccc23)cc1. The summed E-state index contributed by atoms with van der Waals surface area (Å²) in [6.45, 7) is 2.57. The number of rotatable bonds is 4. The first kappa shape index (κ1) is 14.2. The molecule has 1 aromatic heterocycles. The minimum Gasteiger partial charge on any atom is -0.464 e. The number of hydrogen-bond donors (Lipinski definition) is 2. The number of nitrogens with one attached hydrogen (secondary N) is 2. The van der Waals surface area contributed by atoms with Gasteiger partial charge in [0.2, 0.25) is 0 Å². The highest BCUT2D eigenvalue weighted by molar-refractivity contribution is 5.89.